The van der Waals surface area contributed by atoms with Gasteiger partial charge in [0, 0.05) is 24.7 Å². The number of nitrogens with zero attached hydrogens (tertiary/aromatic N) is 2. The Morgan fingerprint density at radius 2 is 2.17 bits per heavy atom. The molecular weight excluding hydrogens is 308 g/mol. The largest absolute Gasteiger partial charge is 0.463 e. The zero-order chi connectivity index (χ0) is 17.1. The van der Waals surface area contributed by atoms with Gasteiger partial charge in [0.05, 0.1) is 18.4 Å². The molecule has 1 amide bonds. The molecule has 1 saturated heterocycles. The molecule has 0 spiro atoms. The lowest BCUT2D eigenvalue weighted by Gasteiger charge is -2.35. The van der Waals surface area contributed by atoms with Gasteiger partial charge in [-0.15, -0.1) is 0 Å². The molecule has 0 aromatic carbocycles. The molecule has 130 valence electrons. The van der Waals surface area contributed by atoms with Crippen LogP contribution in [0.5, 0.6) is 0 Å². The molecule has 1 fully saturated rings. The van der Waals surface area contributed by atoms with E-state index in [1.165, 1.54) is 6.42 Å². The van der Waals surface area contributed by atoms with Gasteiger partial charge in [0.1, 0.15) is 12.2 Å². The van der Waals surface area contributed by atoms with E-state index in [0.29, 0.717) is 23.9 Å². The average Bonchev–Trinajstić information content (AvgIpc) is 3.17. The quantitative estimate of drug-likeness (QED) is 0.789. The van der Waals surface area contributed by atoms with Gasteiger partial charge < -0.3 is 18.6 Å². The van der Waals surface area contributed by atoms with Crippen molar-refractivity contribution in [1.82, 2.24) is 9.47 Å². The highest BCUT2D eigenvalue weighted by Gasteiger charge is 2.27. The molecule has 3 heterocycles. The molecule has 2 aromatic heterocycles. The molecule has 0 bridgehead atoms. The van der Waals surface area contributed by atoms with Crippen LogP contribution in [0, 0.1) is 0 Å². The summed E-state index contributed by atoms with van der Waals surface area (Å²) in [6.07, 6.45) is 5.80. The zero-order valence-electron chi connectivity index (χ0n) is 14.3. The van der Waals surface area contributed by atoms with Crippen molar-refractivity contribution in [3.63, 3.8) is 0 Å². The van der Waals surface area contributed by atoms with Crippen LogP contribution in [0.25, 0.3) is 11.1 Å². The summed E-state index contributed by atoms with van der Waals surface area (Å²) in [5.41, 5.74) is 1.71. The van der Waals surface area contributed by atoms with Crippen LogP contribution in [-0.2, 0) is 16.1 Å². The second-order valence-corrected chi connectivity index (χ2v) is 6.15. The third-order valence-electron chi connectivity index (χ3n) is 4.72. The Balaban J connectivity index is 1.87. The van der Waals surface area contributed by atoms with Gasteiger partial charge in [-0.1, -0.05) is 6.92 Å². The first-order valence-corrected chi connectivity index (χ1v) is 8.69. The number of hydrogen-bond acceptors (Lipinski definition) is 4. The topological polar surface area (TPSA) is 64.7 Å². The van der Waals surface area contributed by atoms with Gasteiger partial charge in [0.2, 0.25) is 5.91 Å². The molecule has 1 atom stereocenters. The molecule has 1 aliphatic heterocycles. The fourth-order valence-corrected chi connectivity index (χ4v) is 3.50. The van der Waals surface area contributed by atoms with Crippen LogP contribution in [0.1, 0.15) is 50.0 Å². The summed E-state index contributed by atoms with van der Waals surface area (Å²) in [5.74, 6) is -0.381. The lowest BCUT2D eigenvalue weighted by molar-refractivity contribution is -0.135. The van der Waals surface area contributed by atoms with Crippen molar-refractivity contribution in [2.75, 3.05) is 13.2 Å². The highest BCUT2D eigenvalue weighted by molar-refractivity contribution is 5.95. The molecule has 2 aromatic rings. The van der Waals surface area contributed by atoms with Gasteiger partial charge in [0.25, 0.3) is 0 Å². The molecule has 0 saturated carbocycles. The molecular formula is C18H24N2O4. The SMILES string of the molecule is CCOC(=O)c1cc2occc2n1CC(=O)N1CCCCC1CC. The van der Waals surface area contributed by atoms with Gasteiger partial charge in [-0.3, -0.25) is 4.79 Å². The van der Waals surface area contributed by atoms with E-state index in [1.807, 2.05) is 4.90 Å². The summed E-state index contributed by atoms with van der Waals surface area (Å²) in [6, 6.07) is 3.72. The number of likely N-dealkylation sites (tertiary alicyclic amines) is 1. The number of furan rings is 1. The number of carbonyl (C=O) groups is 2. The number of esters is 1. The monoisotopic (exact) mass is 332 g/mol. The Kier molecular flexibility index (Phi) is 4.92. The second kappa shape index (κ2) is 7.11. The van der Waals surface area contributed by atoms with Crippen molar-refractivity contribution >= 4 is 23.0 Å². The first kappa shape index (κ1) is 16.6. The first-order valence-electron chi connectivity index (χ1n) is 8.69. The lowest BCUT2D eigenvalue weighted by Crippen LogP contribution is -2.45. The van der Waals surface area contributed by atoms with Gasteiger partial charge >= 0.3 is 5.97 Å². The van der Waals surface area contributed by atoms with Crippen LogP contribution < -0.4 is 0 Å². The minimum Gasteiger partial charge on any atom is -0.463 e. The molecule has 3 rings (SSSR count). The maximum Gasteiger partial charge on any atom is 0.355 e. The number of carbonyl (C=O) groups excluding carboxylic acids is 2. The van der Waals surface area contributed by atoms with E-state index in [4.69, 9.17) is 9.15 Å². The van der Waals surface area contributed by atoms with Crippen molar-refractivity contribution in [1.29, 1.82) is 0 Å². The van der Waals surface area contributed by atoms with Gasteiger partial charge in [0.15, 0.2) is 5.58 Å². The van der Waals surface area contributed by atoms with E-state index in [9.17, 15) is 9.59 Å². The number of amides is 1. The van der Waals surface area contributed by atoms with Gasteiger partial charge in [-0.05, 0) is 32.6 Å². The summed E-state index contributed by atoms with van der Waals surface area (Å²) in [5, 5.41) is 0. The van der Waals surface area contributed by atoms with Crippen molar-refractivity contribution < 1.29 is 18.7 Å². The Bertz CT molecular complexity index is 731. The molecule has 24 heavy (non-hydrogen) atoms. The number of piperidine rings is 1. The molecule has 6 heteroatoms. The average molecular weight is 332 g/mol. The van der Waals surface area contributed by atoms with E-state index in [-0.39, 0.29) is 12.5 Å². The normalized spacial score (nSPS) is 18.1. The van der Waals surface area contributed by atoms with Crippen LogP contribution in [0.2, 0.25) is 0 Å². The predicted octanol–water partition coefficient (Wildman–Crippen LogP) is 3.20. The van der Waals surface area contributed by atoms with E-state index in [1.54, 1.807) is 29.9 Å². The number of rotatable bonds is 5. The summed E-state index contributed by atoms with van der Waals surface area (Å²) in [7, 11) is 0. The summed E-state index contributed by atoms with van der Waals surface area (Å²) < 4.78 is 12.2. The fraction of sp³-hybridized carbons (Fsp3) is 0.556. The molecule has 1 unspecified atom stereocenters. The Morgan fingerprint density at radius 3 is 2.92 bits per heavy atom. The van der Waals surface area contributed by atoms with Crippen molar-refractivity contribution in [2.45, 2.75) is 52.1 Å². The van der Waals surface area contributed by atoms with Crippen LogP contribution in [0.15, 0.2) is 22.8 Å². The predicted molar refractivity (Wildman–Crippen MR) is 89.8 cm³/mol. The number of fused-ring (bicyclic) bond motifs is 1. The summed E-state index contributed by atoms with van der Waals surface area (Å²) in [6.45, 7) is 5.10. The minimum absolute atomic E-state index is 0.0470. The molecule has 0 aliphatic carbocycles. The fourth-order valence-electron chi connectivity index (χ4n) is 3.50. The van der Waals surface area contributed by atoms with Crippen molar-refractivity contribution in [2.24, 2.45) is 0 Å². The number of aromatic nitrogens is 1. The summed E-state index contributed by atoms with van der Waals surface area (Å²) in [4.78, 5) is 27.0. The standard InChI is InChI=1S/C18H24N2O4/c1-3-13-7-5-6-9-19(13)17(21)12-20-14-8-10-24-16(14)11-15(20)18(22)23-4-2/h8,10-11,13H,3-7,9,12H2,1-2H3. The van der Waals surface area contributed by atoms with E-state index in [2.05, 4.69) is 6.92 Å². The highest BCUT2D eigenvalue weighted by Crippen LogP contribution is 2.24. The molecule has 0 radical (unpaired) electrons. The first-order chi connectivity index (χ1) is 11.7. The van der Waals surface area contributed by atoms with E-state index < -0.39 is 5.97 Å². The van der Waals surface area contributed by atoms with E-state index in [0.717, 1.165) is 31.3 Å². The van der Waals surface area contributed by atoms with Crippen molar-refractivity contribution in [3.05, 3.63) is 24.1 Å². The Morgan fingerprint density at radius 1 is 1.33 bits per heavy atom. The smallest absolute Gasteiger partial charge is 0.355 e. The Hall–Kier alpha value is -2.24. The maximum atomic E-state index is 12.9. The Labute approximate surface area is 141 Å². The van der Waals surface area contributed by atoms with Gasteiger partial charge in [-0.25, -0.2) is 4.79 Å². The van der Waals surface area contributed by atoms with Crippen LogP contribution >= 0.6 is 0 Å². The number of ether oxygens (including phenoxy) is 1. The minimum atomic E-state index is -0.428. The maximum absolute atomic E-state index is 12.9. The summed E-state index contributed by atoms with van der Waals surface area (Å²) >= 11 is 0. The zero-order valence-corrected chi connectivity index (χ0v) is 14.3. The second-order valence-electron chi connectivity index (χ2n) is 6.15. The van der Waals surface area contributed by atoms with Crippen molar-refractivity contribution in [3.8, 4) is 0 Å². The van der Waals surface area contributed by atoms with E-state index >= 15 is 0 Å². The van der Waals surface area contributed by atoms with Gasteiger partial charge in [-0.2, -0.15) is 0 Å². The third-order valence-corrected chi connectivity index (χ3v) is 4.72. The van der Waals surface area contributed by atoms with Crippen LogP contribution in [0.3, 0.4) is 0 Å². The van der Waals surface area contributed by atoms with Crippen LogP contribution in [-0.4, -0.2) is 40.5 Å². The molecule has 1 aliphatic rings. The van der Waals surface area contributed by atoms with Crippen LogP contribution in [0.4, 0.5) is 0 Å². The molecule has 6 nitrogen and oxygen atoms in total. The number of hydrogen-bond donors (Lipinski definition) is 0. The highest BCUT2D eigenvalue weighted by atomic mass is 16.5. The lowest BCUT2D eigenvalue weighted by atomic mass is 10.00. The third kappa shape index (κ3) is 3.05. The molecule has 0 N–H and O–H groups in total.